The maximum atomic E-state index is 9.04. The van der Waals surface area contributed by atoms with E-state index in [1.165, 1.54) is 6.42 Å². The Kier molecular flexibility index (Phi) is 2.74. The fraction of sp³-hybridized carbons (Fsp3) is 0.900. The Hall–Kier alpha value is -0.550. The standard InChI is InChI=1S/C10H18N2/c1-4-9(3)12-10(7-11)6-5-8(10)2/h8-9,12H,4-6H2,1-3H3. The molecule has 0 saturated heterocycles. The average Bonchev–Trinajstić information content (AvgIpc) is 2.11. The minimum Gasteiger partial charge on any atom is -0.297 e. The molecule has 1 fully saturated rings. The Morgan fingerprint density at radius 1 is 1.75 bits per heavy atom. The molecule has 0 spiro atoms. The van der Waals surface area contributed by atoms with Gasteiger partial charge in [-0.15, -0.1) is 0 Å². The predicted molar refractivity (Wildman–Crippen MR) is 49.6 cm³/mol. The van der Waals surface area contributed by atoms with E-state index in [9.17, 15) is 0 Å². The van der Waals surface area contributed by atoms with Gasteiger partial charge in [0.25, 0.3) is 0 Å². The van der Waals surface area contributed by atoms with Gasteiger partial charge in [0.05, 0.1) is 6.07 Å². The van der Waals surface area contributed by atoms with Gasteiger partial charge in [-0.3, -0.25) is 5.32 Å². The summed E-state index contributed by atoms with van der Waals surface area (Å²) in [6.07, 6.45) is 3.31. The van der Waals surface area contributed by atoms with Crippen LogP contribution < -0.4 is 5.32 Å². The molecule has 3 atom stereocenters. The molecule has 0 bridgehead atoms. The quantitative estimate of drug-likeness (QED) is 0.696. The molecule has 68 valence electrons. The molecule has 0 heterocycles. The molecular formula is C10H18N2. The molecule has 1 aliphatic carbocycles. The van der Waals surface area contributed by atoms with E-state index in [0.717, 1.165) is 12.8 Å². The van der Waals surface area contributed by atoms with Gasteiger partial charge in [-0.05, 0) is 32.1 Å². The van der Waals surface area contributed by atoms with Gasteiger partial charge in [0.1, 0.15) is 5.54 Å². The monoisotopic (exact) mass is 166 g/mol. The van der Waals surface area contributed by atoms with Gasteiger partial charge in [0, 0.05) is 6.04 Å². The van der Waals surface area contributed by atoms with Crippen molar-refractivity contribution >= 4 is 0 Å². The third kappa shape index (κ3) is 1.47. The highest BCUT2D eigenvalue weighted by atomic mass is 15.0. The van der Waals surface area contributed by atoms with Crippen molar-refractivity contribution in [1.29, 1.82) is 5.26 Å². The number of nitrogens with one attached hydrogen (secondary N) is 1. The number of rotatable bonds is 3. The van der Waals surface area contributed by atoms with Crippen molar-refractivity contribution in [3.05, 3.63) is 0 Å². The van der Waals surface area contributed by atoms with Crippen LogP contribution in [0, 0.1) is 17.2 Å². The molecular weight excluding hydrogens is 148 g/mol. The van der Waals surface area contributed by atoms with Gasteiger partial charge in [-0.25, -0.2) is 0 Å². The Morgan fingerprint density at radius 2 is 2.42 bits per heavy atom. The summed E-state index contributed by atoms with van der Waals surface area (Å²) in [7, 11) is 0. The molecule has 0 aliphatic heterocycles. The number of hydrogen-bond acceptors (Lipinski definition) is 2. The second-order valence-electron chi connectivity index (χ2n) is 3.98. The molecule has 12 heavy (non-hydrogen) atoms. The molecule has 3 unspecified atom stereocenters. The van der Waals surface area contributed by atoms with Gasteiger partial charge in [-0.1, -0.05) is 13.8 Å². The second kappa shape index (κ2) is 3.45. The van der Waals surface area contributed by atoms with Crippen molar-refractivity contribution in [3.8, 4) is 6.07 Å². The number of nitriles is 1. The van der Waals surface area contributed by atoms with Crippen LogP contribution in [0.2, 0.25) is 0 Å². The SMILES string of the molecule is CCC(C)NC1(C#N)CCC1C. The predicted octanol–water partition coefficient (Wildman–Crippen LogP) is 2.07. The van der Waals surface area contributed by atoms with Crippen molar-refractivity contribution < 1.29 is 0 Å². The first-order valence-electron chi connectivity index (χ1n) is 4.83. The van der Waals surface area contributed by atoms with Crippen molar-refractivity contribution in [3.63, 3.8) is 0 Å². The molecule has 0 amide bonds. The lowest BCUT2D eigenvalue weighted by molar-refractivity contribution is 0.141. The summed E-state index contributed by atoms with van der Waals surface area (Å²) in [4.78, 5) is 0. The van der Waals surface area contributed by atoms with Gasteiger partial charge in [-0.2, -0.15) is 5.26 Å². The van der Waals surface area contributed by atoms with Gasteiger partial charge < -0.3 is 0 Å². The normalized spacial score (nSPS) is 36.7. The van der Waals surface area contributed by atoms with Gasteiger partial charge >= 0.3 is 0 Å². The molecule has 2 nitrogen and oxygen atoms in total. The molecule has 0 radical (unpaired) electrons. The fourth-order valence-corrected chi connectivity index (χ4v) is 1.68. The van der Waals surface area contributed by atoms with Gasteiger partial charge in [0.15, 0.2) is 0 Å². The fourth-order valence-electron chi connectivity index (χ4n) is 1.68. The topological polar surface area (TPSA) is 35.8 Å². The van der Waals surface area contributed by atoms with Crippen LogP contribution in [0.25, 0.3) is 0 Å². The Morgan fingerprint density at radius 3 is 2.67 bits per heavy atom. The highest BCUT2D eigenvalue weighted by molar-refractivity contribution is 5.16. The minimum atomic E-state index is -0.199. The number of nitrogens with zero attached hydrogens (tertiary/aromatic N) is 1. The zero-order chi connectivity index (χ0) is 9.19. The summed E-state index contributed by atoms with van der Waals surface area (Å²) < 4.78 is 0. The maximum Gasteiger partial charge on any atom is 0.109 e. The van der Waals surface area contributed by atoms with Crippen LogP contribution >= 0.6 is 0 Å². The van der Waals surface area contributed by atoms with Crippen molar-refractivity contribution in [2.75, 3.05) is 0 Å². The highest BCUT2D eigenvalue weighted by Gasteiger charge is 2.44. The van der Waals surface area contributed by atoms with Crippen LogP contribution in [0.1, 0.15) is 40.0 Å². The molecule has 2 heteroatoms. The lowest BCUT2D eigenvalue weighted by atomic mass is 9.68. The van der Waals surface area contributed by atoms with E-state index in [0.29, 0.717) is 12.0 Å². The first-order chi connectivity index (χ1) is 5.64. The van der Waals surface area contributed by atoms with Crippen LogP contribution in [0.15, 0.2) is 0 Å². The van der Waals surface area contributed by atoms with E-state index in [-0.39, 0.29) is 5.54 Å². The van der Waals surface area contributed by atoms with Crippen LogP contribution in [0.5, 0.6) is 0 Å². The summed E-state index contributed by atoms with van der Waals surface area (Å²) in [6, 6.07) is 2.88. The molecule has 1 N–H and O–H groups in total. The second-order valence-corrected chi connectivity index (χ2v) is 3.98. The van der Waals surface area contributed by atoms with E-state index >= 15 is 0 Å². The smallest absolute Gasteiger partial charge is 0.109 e. The zero-order valence-corrected chi connectivity index (χ0v) is 8.22. The van der Waals surface area contributed by atoms with E-state index in [2.05, 4.69) is 32.2 Å². The minimum absolute atomic E-state index is 0.199. The van der Waals surface area contributed by atoms with Crippen LogP contribution in [0.4, 0.5) is 0 Å². The summed E-state index contributed by atoms with van der Waals surface area (Å²) in [5, 5.41) is 12.5. The van der Waals surface area contributed by atoms with Crippen LogP contribution in [0.3, 0.4) is 0 Å². The molecule has 1 aliphatic rings. The first-order valence-corrected chi connectivity index (χ1v) is 4.83. The maximum absolute atomic E-state index is 9.04. The Balaban J connectivity index is 2.53. The molecule has 1 rings (SSSR count). The molecule has 1 saturated carbocycles. The third-order valence-electron chi connectivity index (χ3n) is 3.13. The summed E-state index contributed by atoms with van der Waals surface area (Å²) in [5.74, 6) is 0.525. The van der Waals surface area contributed by atoms with Crippen LogP contribution in [-0.2, 0) is 0 Å². The van der Waals surface area contributed by atoms with Crippen LogP contribution in [-0.4, -0.2) is 11.6 Å². The zero-order valence-electron chi connectivity index (χ0n) is 8.22. The average molecular weight is 166 g/mol. The van der Waals surface area contributed by atoms with Crippen molar-refractivity contribution in [2.45, 2.75) is 51.6 Å². The van der Waals surface area contributed by atoms with E-state index in [4.69, 9.17) is 5.26 Å². The Labute approximate surface area is 75.0 Å². The lowest BCUT2D eigenvalue weighted by Crippen LogP contribution is -2.58. The summed E-state index contributed by atoms with van der Waals surface area (Å²) >= 11 is 0. The largest absolute Gasteiger partial charge is 0.297 e. The van der Waals surface area contributed by atoms with E-state index < -0.39 is 0 Å². The lowest BCUT2D eigenvalue weighted by Gasteiger charge is -2.44. The summed E-state index contributed by atoms with van der Waals surface area (Å²) in [5.41, 5.74) is -0.199. The molecule has 0 aromatic carbocycles. The highest BCUT2D eigenvalue weighted by Crippen LogP contribution is 2.38. The number of hydrogen-bond donors (Lipinski definition) is 1. The molecule has 0 aromatic rings. The summed E-state index contributed by atoms with van der Waals surface area (Å²) in [6.45, 7) is 6.44. The van der Waals surface area contributed by atoms with Crippen molar-refractivity contribution in [2.24, 2.45) is 5.92 Å². The Bertz CT molecular complexity index is 195. The third-order valence-corrected chi connectivity index (χ3v) is 3.13. The van der Waals surface area contributed by atoms with Gasteiger partial charge in [0.2, 0.25) is 0 Å². The molecule has 0 aromatic heterocycles. The first kappa shape index (κ1) is 9.54. The van der Waals surface area contributed by atoms with Crippen molar-refractivity contribution in [1.82, 2.24) is 5.32 Å². The van der Waals surface area contributed by atoms with E-state index in [1.54, 1.807) is 0 Å². The van der Waals surface area contributed by atoms with E-state index in [1.807, 2.05) is 0 Å².